The molecule has 1 fully saturated rings. The third kappa shape index (κ3) is 4.51. The van der Waals surface area contributed by atoms with Gasteiger partial charge in [-0.1, -0.05) is 6.42 Å². The van der Waals surface area contributed by atoms with Crippen molar-refractivity contribution < 1.29 is 4.79 Å². The highest BCUT2D eigenvalue weighted by Gasteiger charge is 2.27. The second-order valence-electron chi connectivity index (χ2n) is 6.69. The fraction of sp³-hybridized carbons (Fsp3) is 0.500. The molecular weight excluding hydrogens is 330 g/mol. The lowest BCUT2D eigenvalue weighted by atomic mass is 9.99. The smallest absolute Gasteiger partial charge is 0.236 e. The minimum atomic E-state index is 0.110. The van der Waals surface area contributed by atoms with E-state index in [1.807, 2.05) is 13.0 Å². The van der Waals surface area contributed by atoms with Crippen molar-refractivity contribution in [2.45, 2.75) is 32.2 Å². The fourth-order valence-corrected chi connectivity index (χ4v) is 3.13. The minimum Gasteiger partial charge on any atom is -0.348 e. The molecule has 8 nitrogen and oxygen atoms in total. The highest BCUT2D eigenvalue weighted by molar-refractivity contribution is 5.77. The molecule has 1 amide bonds. The maximum absolute atomic E-state index is 12.2. The summed E-state index contributed by atoms with van der Waals surface area (Å²) in [4.78, 5) is 33.5. The monoisotopic (exact) mass is 355 g/mol. The first-order chi connectivity index (χ1) is 12.5. The summed E-state index contributed by atoms with van der Waals surface area (Å²) in [5.41, 5.74) is 0.933. The van der Waals surface area contributed by atoms with E-state index in [1.54, 1.807) is 37.5 Å². The number of likely N-dealkylation sites (N-methyl/N-ethyl adjacent to an activating group) is 1. The van der Waals surface area contributed by atoms with Crippen molar-refractivity contribution in [3.05, 3.63) is 36.0 Å². The molecule has 138 valence electrons. The van der Waals surface area contributed by atoms with Gasteiger partial charge in [-0.3, -0.25) is 9.69 Å². The van der Waals surface area contributed by atoms with Crippen molar-refractivity contribution in [3.8, 4) is 0 Å². The lowest BCUT2D eigenvalue weighted by Gasteiger charge is -2.35. The summed E-state index contributed by atoms with van der Waals surface area (Å²) in [7, 11) is 3.58. The highest BCUT2D eigenvalue weighted by Crippen LogP contribution is 2.30. The summed E-state index contributed by atoms with van der Waals surface area (Å²) in [5.74, 6) is 1.96. The van der Waals surface area contributed by atoms with Crippen LogP contribution in [0.15, 0.2) is 24.5 Å². The number of rotatable bonds is 5. The van der Waals surface area contributed by atoms with Gasteiger partial charge in [-0.2, -0.15) is 0 Å². The fourth-order valence-electron chi connectivity index (χ4n) is 3.13. The Morgan fingerprint density at radius 2 is 2.04 bits per heavy atom. The van der Waals surface area contributed by atoms with Gasteiger partial charge in [-0.15, -0.1) is 0 Å². The molecular formula is C18H25N7O. The van der Waals surface area contributed by atoms with Crippen LogP contribution in [0.5, 0.6) is 0 Å². The van der Waals surface area contributed by atoms with Gasteiger partial charge in [0.25, 0.3) is 0 Å². The maximum atomic E-state index is 12.2. The van der Waals surface area contributed by atoms with Crippen molar-refractivity contribution in [1.29, 1.82) is 0 Å². The highest BCUT2D eigenvalue weighted by atomic mass is 16.2. The number of anilines is 2. The van der Waals surface area contributed by atoms with Crippen LogP contribution in [0.2, 0.25) is 0 Å². The Morgan fingerprint density at radius 1 is 1.27 bits per heavy atom. The minimum absolute atomic E-state index is 0.110. The molecule has 0 aromatic carbocycles. The molecule has 0 bridgehead atoms. The molecule has 3 heterocycles. The molecule has 0 radical (unpaired) electrons. The maximum Gasteiger partial charge on any atom is 0.236 e. The summed E-state index contributed by atoms with van der Waals surface area (Å²) in [5, 5.41) is 3.13. The summed E-state index contributed by atoms with van der Waals surface area (Å²) >= 11 is 0. The Balaban J connectivity index is 1.83. The normalized spacial score (nSPS) is 17.7. The van der Waals surface area contributed by atoms with Crippen LogP contribution in [-0.4, -0.2) is 62.8 Å². The van der Waals surface area contributed by atoms with Crippen molar-refractivity contribution >= 4 is 17.7 Å². The number of amides is 1. The van der Waals surface area contributed by atoms with Gasteiger partial charge in [-0.05, 0) is 32.4 Å². The molecule has 26 heavy (non-hydrogen) atoms. The second kappa shape index (κ2) is 8.18. The number of nitrogens with one attached hydrogen (secondary N) is 1. The van der Waals surface area contributed by atoms with Crippen LogP contribution in [0.25, 0.3) is 0 Å². The molecule has 8 heteroatoms. The number of carbonyl (C=O) groups excluding carboxylic acids is 1. The van der Waals surface area contributed by atoms with Gasteiger partial charge in [-0.25, -0.2) is 19.9 Å². The van der Waals surface area contributed by atoms with E-state index >= 15 is 0 Å². The SMILES string of the molecule is Cc1nc(Nc2ncccn2)cc(C2CCCCN2CC(=O)N(C)C)n1. The van der Waals surface area contributed by atoms with Crippen LogP contribution in [0, 0.1) is 6.92 Å². The molecule has 0 aliphatic carbocycles. The van der Waals surface area contributed by atoms with Gasteiger partial charge in [0.15, 0.2) is 0 Å². The van der Waals surface area contributed by atoms with E-state index in [2.05, 4.69) is 30.2 Å². The third-order valence-electron chi connectivity index (χ3n) is 4.46. The third-order valence-corrected chi connectivity index (χ3v) is 4.46. The first-order valence-corrected chi connectivity index (χ1v) is 8.87. The summed E-state index contributed by atoms with van der Waals surface area (Å²) in [6.45, 7) is 3.18. The van der Waals surface area contributed by atoms with Crippen LogP contribution in [0.1, 0.15) is 36.8 Å². The predicted molar refractivity (Wildman–Crippen MR) is 98.9 cm³/mol. The van der Waals surface area contributed by atoms with E-state index in [4.69, 9.17) is 0 Å². The number of nitrogens with zero attached hydrogens (tertiary/aromatic N) is 6. The number of carbonyl (C=O) groups is 1. The van der Waals surface area contributed by atoms with E-state index in [0.29, 0.717) is 24.1 Å². The molecule has 2 aromatic heterocycles. The quantitative estimate of drug-likeness (QED) is 0.877. The Kier molecular flexibility index (Phi) is 5.72. The van der Waals surface area contributed by atoms with Gasteiger partial charge >= 0.3 is 0 Å². The lowest BCUT2D eigenvalue weighted by molar-refractivity contribution is -0.130. The number of piperidine rings is 1. The van der Waals surface area contributed by atoms with Gasteiger partial charge in [0, 0.05) is 32.6 Å². The van der Waals surface area contributed by atoms with Crippen LogP contribution < -0.4 is 5.32 Å². The molecule has 1 atom stereocenters. The Labute approximate surface area is 153 Å². The average molecular weight is 355 g/mol. The number of aryl methyl sites for hydroxylation is 1. The summed E-state index contributed by atoms with van der Waals surface area (Å²) in [6, 6.07) is 3.82. The van der Waals surface area contributed by atoms with E-state index < -0.39 is 0 Å². The predicted octanol–water partition coefficient (Wildman–Crippen LogP) is 1.93. The molecule has 2 aromatic rings. The topological polar surface area (TPSA) is 87.1 Å². The van der Waals surface area contributed by atoms with Crippen molar-refractivity contribution in [1.82, 2.24) is 29.7 Å². The molecule has 0 spiro atoms. The van der Waals surface area contributed by atoms with Gasteiger partial charge in [0.2, 0.25) is 11.9 Å². The van der Waals surface area contributed by atoms with E-state index in [0.717, 1.165) is 31.5 Å². The number of hydrogen-bond donors (Lipinski definition) is 1. The zero-order valence-corrected chi connectivity index (χ0v) is 15.5. The standard InChI is InChI=1S/C18H25N7O/c1-13-21-14(11-16(22-13)23-18-19-8-6-9-20-18)15-7-4-5-10-25(15)12-17(26)24(2)3/h6,8-9,11,15H,4-5,7,10,12H2,1-3H3,(H,19,20,21,22,23). The van der Waals surface area contributed by atoms with Crippen molar-refractivity contribution in [3.63, 3.8) is 0 Å². The van der Waals surface area contributed by atoms with E-state index in [-0.39, 0.29) is 11.9 Å². The molecule has 1 N–H and O–H groups in total. The molecule has 1 aliphatic rings. The Bertz CT molecular complexity index is 750. The Hall–Kier alpha value is -2.61. The van der Waals surface area contributed by atoms with Gasteiger partial charge in [0.05, 0.1) is 18.3 Å². The molecule has 0 saturated carbocycles. The lowest BCUT2D eigenvalue weighted by Crippen LogP contribution is -2.41. The summed E-state index contributed by atoms with van der Waals surface area (Å²) in [6.07, 6.45) is 6.58. The molecule has 1 unspecified atom stereocenters. The van der Waals surface area contributed by atoms with Crippen LogP contribution in [0.4, 0.5) is 11.8 Å². The zero-order chi connectivity index (χ0) is 18.5. The molecule has 1 aliphatic heterocycles. The summed E-state index contributed by atoms with van der Waals surface area (Å²) < 4.78 is 0. The van der Waals surface area contributed by atoms with Crippen LogP contribution in [-0.2, 0) is 4.79 Å². The number of hydrogen-bond acceptors (Lipinski definition) is 7. The van der Waals surface area contributed by atoms with Gasteiger partial charge in [0.1, 0.15) is 11.6 Å². The second-order valence-corrected chi connectivity index (χ2v) is 6.69. The van der Waals surface area contributed by atoms with Crippen molar-refractivity contribution in [2.75, 3.05) is 32.5 Å². The average Bonchev–Trinajstić information content (AvgIpc) is 2.62. The largest absolute Gasteiger partial charge is 0.348 e. The van der Waals surface area contributed by atoms with Crippen LogP contribution in [0.3, 0.4) is 0 Å². The first-order valence-electron chi connectivity index (χ1n) is 8.87. The van der Waals surface area contributed by atoms with Gasteiger partial charge < -0.3 is 10.2 Å². The van der Waals surface area contributed by atoms with Crippen LogP contribution >= 0.6 is 0 Å². The molecule has 3 rings (SSSR count). The van der Waals surface area contributed by atoms with E-state index in [9.17, 15) is 4.79 Å². The zero-order valence-electron chi connectivity index (χ0n) is 15.5. The first kappa shape index (κ1) is 18.2. The molecule has 1 saturated heterocycles. The van der Waals surface area contributed by atoms with E-state index in [1.165, 1.54) is 0 Å². The Morgan fingerprint density at radius 3 is 2.77 bits per heavy atom. The van der Waals surface area contributed by atoms with Crippen molar-refractivity contribution in [2.24, 2.45) is 0 Å². The number of aromatic nitrogens is 4. The number of likely N-dealkylation sites (tertiary alicyclic amines) is 1.